The maximum absolute atomic E-state index is 5.86. The van der Waals surface area contributed by atoms with Crippen LogP contribution in [-0.4, -0.2) is 13.2 Å². The summed E-state index contributed by atoms with van der Waals surface area (Å²) in [6.07, 6.45) is 1.24. The van der Waals surface area contributed by atoms with Crippen molar-refractivity contribution in [2.24, 2.45) is 0 Å². The summed E-state index contributed by atoms with van der Waals surface area (Å²) in [7, 11) is 0. The number of fused-ring (bicyclic) bond motifs is 1. The minimum Gasteiger partial charge on any atom is -0.372 e. The Kier molecular flexibility index (Phi) is 3.74. The predicted octanol–water partition coefficient (Wildman–Crippen LogP) is 3.15. The van der Waals surface area contributed by atoms with Gasteiger partial charge < -0.3 is 10.1 Å². The minimum atomic E-state index is 0.204. The van der Waals surface area contributed by atoms with Crippen LogP contribution < -0.4 is 5.32 Å². The van der Waals surface area contributed by atoms with Crippen LogP contribution >= 0.6 is 11.3 Å². The molecule has 18 heavy (non-hydrogen) atoms. The summed E-state index contributed by atoms with van der Waals surface area (Å²) in [6.45, 7) is 2.65. The van der Waals surface area contributed by atoms with E-state index < -0.39 is 0 Å². The summed E-state index contributed by atoms with van der Waals surface area (Å²) in [5.41, 5.74) is 2.79. The van der Waals surface area contributed by atoms with E-state index in [2.05, 4.69) is 47.1 Å². The summed E-state index contributed by atoms with van der Waals surface area (Å²) in [6, 6.07) is 12.9. The summed E-state index contributed by atoms with van der Waals surface area (Å²) >= 11 is 1.79. The molecule has 0 saturated carbocycles. The third-order valence-electron chi connectivity index (χ3n) is 3.30. The maximum Gasteiger partial charge on any atom is 0.0952 e. The van der Waals surface area contributed by atoms with Crippen molar-refractivity contribution in [1.29, 1.82) is 0 Å². The fraction of sp³-hybridized carbons (Fsp3) is 0.333. The summed E-state index contributed by atoms with van der Waals surface area (Å²) in [5.74, 6) is 0. The van der Waals surface area contributed by atoms with E-state index in [9.17, 15) is 0 Å². The number of rotatable bonds is 4. The number of ether oxygens (including phenoxy) is 1. The van der Waals surface area contributed by atoms with Crippen molar-refractivity contribution >= 4 is 11.3 Å². The van der Waals surface area contributed by atoms with Gasteiger partial charge in [0.25, 0.3) is 0 Å². The molecular formula is C15H17NOS. The molecule has 1 atom stereocenters. The van der Waals surface area contributed by atoms with Gasteiger partial charge in [-0.25, -0.2) is 0 Å². The zero-order chi connectivity index (χ0) is 12.2. The van der Waals surface area contributed by atoms with E-state index in [4.69, 9.17) is 4.74 Å². The first-order chi connectivity index (χ1) is 8.93. The van der Waals surface area contributed by atoms with Gasteiger partial charge in [0.05, 0.1) is 12.7 Å². The number of hydrogen-bond acceptors (Lipinski definition) is 3. The number of nitrogens with one attached hydrogen (secondary N) is 1. The number of benzene rings is 1. The van der Waals surface area contributed by atoms with Gasteiger partial charge in [0, 0.05) is 18.0 Å². The molecule has 1 aromatic heterocycles. The Morgan fingerprint density at radius 3 is 3.06 bits per heavy atom. The van der Waals surface area contributed by atoms with Crippen LogP contribution in [-0.2, 0) is 17.7 Å². The first-order valence-corrected chi connectivity index (χ1v) is 7.24. The molecular weight excluding hydrogens is 242 g/mol. The standard InChI is InChI=1S/C15H17NOS/c1-2-6-14-12(4-1)7-8-17-15(14)11-16-10-13-5-3-9-18-13/h1-6,9,15-16H,7-8,10-11H2. The SMILES string of the molecule is c1csc(CNCC2OCCc3ccccc32)c1. The van der Waals surface area contributed by atoms with Gasteiger partial charge in [-0.05, 0) is 29.0 Å². The zero-order valence-electron chi connectivity index (χ0n) is 10.3. The Labute approximate surface area is 112 Å². The molecule has 1 unspecified atom stereocenters. The monoisotopic (exact) mass is 259 g/mol. The largest absolute Gasteiger partial charge is 0.372 e. The molecule has 0 radical (unpaired) electrons. The summed E-state index contributed by atoms with van der Waals surface area (Å²) in [5, 5.41) is 5.60. The van der Waals surface area contributed by atoms with E-state index in [0.29, 0.717) is 0 Å². The van der Waals surface area contributed by atoms with Crippen molar-refractivity contribution in [2.75, 3.05) is 13.2 Å². The highest BCUT2D eigenvalue weighted by Crippen LogP contribution is 2.26. The molecule has 0 amide bonds. The molecule has 1 aromatic carbocycles. The fourth-order valence-corrected chi connectivity index (χ4v) is 3.06. The second-order valence-electron chi connectivity index (χ2n) is 4.52. The quantitative estimate of drug-likeness (QED) is 0.910. The Bertz CT molecular complexity index is 495. The highest BCUT2D eigenvalue weighted by molar-refractivity contribution is 7.09. The van der Waals surface area contributed by atoms with Gasteiger partial charge in [-0.2, -0.15) is 0 Å². The average molecular weight is 259 g/mol. The Hall–Kier alpha value is -1.16. The summed E-state index contributed by atoms with van der Waals surface area (Å²) < 4.78 is 5.86. The Balaban J connectivity index is 1.60. The number of hydrogen-bond donors (Lipinski definition) is 1. The Morgan fingerprint density at radius 2 is 2.17 bits per heavy atom. The van der Waals surface area contributed by atoms with Gasteiger partial charge in [-0.3, -0.25) is 0 Å². The van der Waals surface area contributed by atoms with E-state index in [1.165, 1.54) is 16.0 Å². The molecule has 0 fully saturated rings. The van der Waals surface area contributed by atoms with E-state index in [1.54, 1.807) is 11.3 Å². The predicted molar refractivity (Wildman–Crippen MR) is 74.9 cm³/mol. The summed E-state index contributed by atoms with van der Waals surface area (Å²) in [4.78, 5) is 1.37. The lowest BCUT2D eigenvalue weighted by atomic mass is 9.97. The van der Waals surface area contributed by atoms with Crippen LogP contribution in [0.15, 0.2) is 41.8 Å². The number of thiophene rings is 1. The molecule has 1 N–H and O–H groups in total. The van der Waals surface area contributed by atoms with Crippen LogP contribution in [0.25, 0.3) is 0 Å². The second kappa shape index (κ2) is 5.65. The lowest BCUT2D eigenvalue weighted by Gasteiger charge is -2.26. The van der Waals surface area contributed by atoms with Gasteiger partial charge in [-0.15, -0.1) is 11.3 Å². The molecule has 94 valence electrons. The topological polar surface area (TPSA) is 21.3 Å². The molecule has 2 heterocycles. The van der Waals surface area contributed by atoms with Gasteiger partial charge in [0.1, 0.15) is 0 Å². The van der Waals surface area contributed by atoms with E-state index >= 15 is 0 Å². The van der Waals surface area contributed by atoms with Crippen molar-refractivity contribution in [2.45, 2.75) is 19.1 Å². The van der Waals surface area contributed by atoms with Gasteiger partial charge in [-0.1, -0.05) is 30.3 Å². The van der Waals surface area contributed by atoms with Crippen molar-refractivity contribution < 1.29 is 4.74 Å². The highest BCUT2D eigenvalue weighted by Gasteiger charge is 2.19. The molecule has 0 aliphatic carbocycles. The molecule has 1 aliphatic rings. The van der Waals surface area contributed by atoms with Crippen molar-refractivity contribution in [3.8, 4) is 0 Å². The van der Waals surface area contributed by atoms with Crippen LogP contribution in [0.5, 0.6) is 0 Å². The van der Waals surface area contributed by atoms with E-state index in [1.807, 2.05) is 0 Å². The highest BCUT2D eigenvalue weighted by atomic mass is 32.1. The Morgan fingerprint density at radius 1 is 1.22 bits per heavy atom. The third kappa shape index (κ3) is 2.64. The first kappa shape index (κ1) is 11.9. The van der Waals surface area contributed by atoms with Crippen LogP contribution in [0, 0.1) is 0 Å². The van der Waals surface area contributed by atoms with Gasteiger partial charge in [0.15, 0.2) is 0 Å². The zero-order valence-corrected chi connectivity index (χ0v) is 11.1. The molecule has 0 spiro atoms. The van der Waals surface area contributed by atoms with Crippen molar-refractivity contribution in [3.05, 3.63) is 57.8 Å². The average Bonchev–Trinajstić information content (AvgIpc) is 2.92. The third-order valence-corrected chi connectivity index (χ3v) is 4.18. The van der Waals surface area contributed by atoms with E-state index in [0.717, 1.165) is 26.1 Å². The normalized spacial score (nSPS) is 18.6. The van der Waals surface area contributed by atoms with E-state index in [-0.39, 0.29) is 6.10 Å². The molecule has 1 aliphatic heterocycles. The lowest BCUT2D eigenvalue weighted by Crippen LogP contribution is -2.27. The van der Waals surface area contributed by atoms with Crippen molar-refractivity contribution in [3.63, 3.8) is 0 Å². The molecule has 3 rings (SSSR count). The molecule has 0 saturated heterocycles. The lowest BCUT2D eigenvalue weighted by molar-refractivity contribution is 0.0424. The van der Waals surface area contributed by atoms with Crippen LogP contribution in [0.4, 0.5) is 0 Å². The van der Waals surface area contributed by atoms with Gasteiger partial charge >= 0.3 is 0 Å². The fourth-order valence-electron chi connectivity index (χ4n) is 2.39. The smallest absolute Gasteiger partial charge is 0.0952 e. The van der Waals surface area contributed by atoms with Crippen LogP contribution in [0.1, 0.15) is 22.1 Å². The maximum atomic E-state index is 5.86. The van der Waals surface area contributed by atoms with Gasteiger partial charge in [0.2, 0.25) is 0 Å². The molecule has 0 bridgehead atoms. The van der Waals surface area contributed by atoms with Crippen LogP contribution in [0.3, 0.4) is 0 Å². The molecule has 2 aromatic rings. The first-order valence-electron chi connectivity index (χ1n) is 6.36. The molecule has 3 heteroatoms. The molecule has 2 nitrogen and oxygen atoms in total. The van der Waals surface area contributed by atoms with Crippen molar-refractivity contribution in [1.82, 2.24) is 5.32 Å². The minimum absolute atomic E-state index is 0.204. The second-order valence-corrected chi connectivity index (χ2v) is 5.55. The van der Waals surface area contributed by atoms with Crippen LogP contribution in [0.2, 0.25) is 0 Å².